The molecular formula is C7H14FNO2S. The van der Waals surface area contributed by atoms with Crippen LogP contribution in [0.5, 0.6) is 0 Å². The van der Waals surface area contributed by atoms with Gasteiger partial charge in [-0.2, -0.15) is 8.42 Å². The summed E-state index contributed by atoms with van der Waals surface area (Å²) in [5.74, 6) is -0.267. The van der Waals surface area contributed by atoms with E-state index >= 15 is 0 Å². The molecule has 1 fully saturated rings. The number of piperidine rings is 1. The highest BCUT2D eigenvalue weighted by Gasteiger charge is 2.22. The van der Waals surface area contributed by atoms with E-state index in [0.717, 1.165) is 25.9 Å². The van der Waals surface area contributed by atoms with Crippen molar-refractivity contribution in [2.45, 2.75) is 12.8 Å². The Morgan fingerprint density at radius 2 is 1.92 bits per heavy atom. The first-order valence-corrected chi connectivity index (χ1v) is 5.63. The lowest BCUT2D eigenvalue weighted by atomic mass is 10.00. The average Bonchev–Trinajstić information content (AvgIpc) is 1.91. The second-order valence-electron chi connectivity index (χ2n) is 3.45. The first kappa shape index (κ1) is 9.92. The molecule has 0 aromatic heterocycles. The van der Waals surface area contributed by atoms with E-state index < -0.39 is 10.2 Å². The van der Waals surface area contributed by atoms with Gasteiger partial charge in [0.25, 0.3) is 0 Å². The Hall–Kier alpha value is -0.160. The molecule has 0 atom stereocenters. The molecule has 1 saturated heterocycles. The Morgan fingerprint density at radius 1 is 1.42 bits per heavy atom. The van der Waals surface area contributed by atoms with Gasteiger partial charge in [-0.25, -0.2) is 0 Å². The lowest BCUT2D eigenvalue weighted by Gasteiger charge is -2.27. The molecule has 12 heavy (non-hydrogen) atoms. The van der Waals surface area contributed by atoms with Crippen LogP contribution in [-0.4, -0.2) is 39.2 Å². The van der Waals surface area contributed by atoms with Crippen LogP contribution in [0.2, 0.25) is 0 Å². The maximum absolute atomic E-state index is 12.2. The lowest BCUT2D eigenvalue weighted by Crippen LogP contribution is -2.32. The summed E-state index contributed by atoms with van der Waals surface area (Å²) in [4.78, 5) is 2.13. The second-order valence-corrected chi connectivity index (χ2v) is 4.86. The molecule has 72 valence electrons. The molecule has 3 nitrogen and oxygen atoms in total. The van der Waals surface area contributed by atoms with Crippen LogP contribution in [0.15, 0.2) is 0 Å². The monoisotopic (exact) mass is 195 g/mol. The number of nitrogens with zero attached hydrogens (tertiary/aromatic N) is 1. The molecule has 1 heterocycles. The van der Waals surface area contributed by atoms with Gasteiger partial charge in [0.2, 0.25) is 0 Å². The maximum Gasteiger partial charge on any atom is 0.302 e. The van der Waals surface area contributed by atoms with Gasteiger partial charge in [0, 0.05) is 0 Å². The highest BCUT2D eigenvalue weighted by molar-refractivity contribution is 7.86. The Balaban J connectivity index is 2.36. The molecule has 0 radical (unpaired) electrons. The lowest BCUT2D eigenvalue weighted by molar-refractivity contribution is 0.230. The Bertz CT molecular complexity index is 232. The fourth-order valence-corrected chi connectivity index (χ4v) is 2.41. The van der Waals surface area contributed by atoms with Crippen LogP contribution in [0, 0.1) is 5.92 Å². The average molecular weight is 195 g/mol. The van der Waals surface area contributed by atoms with Crippen molar-refractivity contribution in [3.05, 3.63) is 0 Å². The smallest absolute Gasteiger partial charge is 0.302 e. The van der Waals surface area contributed by atoms with E-state index in [2.05, 4.69) is 4.90 Å². The zero-order valence-electron chi connectivity index (χ0n) is 7.16. The van der Waals surface area contributed by atoms with Gasteiger partial charge in [-0.3, -0.25) is 0 Å². The summed E-state index contributed by atoms with van der Waals surface area (Å²) in [6.45, 7) is 1.75. The van der Waals surface area contributed by atoms with E-state index in [0.29, 0.717) is 0 Å². The summed E-state index contributed by atoms with van der Waals surface area (Å²) in [5.41, 5.74) is 0. The highest BCUT2D eigenvalue weighted by Crippen LogP contribution is 2.18. The Morgan fingerprint density at radius 3 is 2.33 bits per heavy atom. The van der Waals surface area contributed by atoms with Gasteiger partial charge in [-0.15, -0.1) is 3.89 Å². The van der Waals surface area contributed by atoms with Gasteiger partial charge in [-0.05, 0) is 38.9 Å². The summed E-state index contributed by atoms with van der Waals surface area (Å²) >= 11 is 0. The Kier molecular flexibility index (Phi) is 3.06. The fraction of sp³-hybridized carbons (Fsp3) is 1.00. The van der Waals surface area contributed by atoms with E-state index in [9.17, 15) is 12.3 Å². The van der Waals surface area contributed by atoms with Crippen molar-refractivity contribution in [1.29, 1.82) is 0 Å². The molecule has 1 aliphatic rings. The number of likely N-dealkylation sites (tertiary alicyclic amines) is 1. The van der Waals surface area contributed by atoms with Crippen LogP contribution in [-0.2, 0) is 10.2 Å². The maximum atomic E-state index is 12.2. The third-order valence-corrected chi connectivity index (χ3v) is 3.14. The third-order valence-electron chi connectivity index (χ3n) is 2.27. The molecule has 1 rings (SSSR count). The summed E-state index contributed by atoms with van der Waals surface area (Å²) in [5, 5.41) is 0. The van der Waals surface area contributed by atoms with Crippen LogP contribution in [0.4, 0.5) is 3.89 Å². The first-order chi connectivity index (χ1) is 5.47. The number of hydrogen-bond acceptors (Lipinski definition) is 3. The van der Waals surface area contributed by atoms with Crippen LogP contribution in [0.3, 0.4) is 0 Å². The van der Waals surface area contributed by atoms with Gasteiger partial charge in [-0.1, -0.05) is 0 Å². The van der Waals surface area contributed by atoms with E-state index in [1.54, 1.807) is 0 Å². The van der Waals surface area contributed by atoms with E-state index in [1.165, 1.54) is 0 Å². The molecule has 0 saturated carbocycles. The van der Waals surface area contributed by atoms with E-state index in [1.807, 2.05) is 7.05 Å². The number of rotatable bonds is 2. The van der Waals surface area contributed by atoms with Crippen LogP contribution >= 0.6 is 0 Å². The molecule has 0 unspecified atom stereocenters. The third kappa shape index (κ3) is 3.49. The van der Waals surface area contributed by atoms with Gasteiger partial charge >= 0.3 is 10.2 Å². The fourth-order valence-electron chi connectivity index (χ4n) is 1.51. The normalized spacial score (nSPS) is 22.8. The van der Waals surface area contributed by atoms with Gasteiger partial charge in [0.15, 0.2) is 0 Å². The molecule has 0 aromatic carbocycles. The zero-order valence-corrected chi connectivity index (χ0v) is 7.98. The highest BCUT2D eigenvalue weighted by atomic mass is 32.3. The minimum atomic E-state index is -4.26. The SMILES string of the molecule is CN1CCC(CS(=O)(=O)F)CC1. The van der Waals surface area contributed by atoms with Crippen LogP contribution in [0.1, 0.15) is 12.8 Å². The summed E-state index contributed by atoms with van der Waals surface area (Å²) in [6.07, 6.45) is 1.58. The van der Waals surface area contributed by atoms with Crippen molar-refractivity contribution in [1.82, 2.24) is 4.90 Å². The van der Waals surface area contributed by atoms with Crippen LogP contribution in [0.25, 0.3) is 0 Å². The number of halogens is 1. The second kappa shape index (κ2) is 3.70. The topological polar surface area (TPSA) is 37.4 Å². The van der Waals surface area contributed by atoms with Crippen molar-refractivity contribution in [3.8, 4) is 0 Å². The van der Waals surface area contributed by atoms with E-state index in [-0.39, 0.29) is 11.7 Å². The number of hydrogen-bond donors (Lipinski definition) is 0. The van der Waals surface area contributed by atoms with Gasteiger partial charge in [0.1, 0.15) is 0 Å². The predicted octanol–water partition coefficient (Wildman–Crippen LogP) is 0.628. The molecule has 0 N–H and O–H groups in total. The molecule has 0 aliphatic carbocycles. The molecule has 0 spiro atoms. The van der Waals surface area contributed by atoms with Crippen molar-refractivity contribution >= 4 is 10.2 Å². The quantitative estimate of drug-likeness (QED) is 0.606. The predicted molar refractivity (Wildman–Crippen MR) is 45.1 cm³/mol. The zero-order chi connectivity index (χ0) is 9.19. The largest absolute Gasteiger partial charge is 0.306 e. The first-order valence-electron chi connectivity index (χ1n) is 4.08. The van der Waals surface area contributed by atoms with Crippen molar-refractivity contribution in [2.75, 3.05) is 25.9 Å². The summed E-state index contributed by atoms with van der Waals surface area (Å²) in [7, 11) is -2.27. The molecule has 0 bridgehead atoms. The van der Waals surface area contributed by atoms with Gasteiger partial charge < -0.3 is 4.90 Å². The van der Waals surface area contributed by atoms with Crippen LogP contribution < -0.4 is 0 Å². The Labute approximate surface area is 72.8 Å². The van der Waals surface area contributed by atoms with E-state index in [4.69, 9.17) is 0 Å². The van der Waals surface area contributed by atoms with Crippen molar-refractivity contribution in [2.24, 2.45) is 5.92 Å². The minimum absolute atomic E-state index is 0.0243. The van der Waals surface area contributed by atoms with Crippen molar-refractivity contribution in [3.63, 3.8) is 0 Å². The molecule has 0 aromatic rings. The summed E-state index contributed by atoms with van der Waals surface area (Å²) in [6, 6.07) is 0. The van der Waals surface area contributed by atoms with Crippen molar-refractivity contribution < 1.29 is 12.3 Å². The van der Waals surface area contributed by atoms with Gasteiger partial charge in [0.05, 0.1) is 5.75 Å². The summed E-state index contributed by atoms with van der Waals surface area (Å²) < 4.78 is 32.8. The molecule has 0 amide bonds. The molecule has 1 aliphatic heterocycles. The molecule has 5 heteroatoms. The molecular weight excluding hydrogens is 181 g/mol. The minimum Gasteiger partial charge on any atom is -0.306 e. The standard InChI is InChI=1S/C7H14FNO2S/c1-9-4-2-7(3-5-9)6-12(8,10)11/h7H,2-6H2,1H3.